The van der Waals surface area contributed by atoms with Gasteiger partial charge in [0.25, 0.3) is 0 Å². The SMILES string of the molecule is CCC1(CNc2ncc(Br)cc2F)CC1. The van der Waals surface area contributed by atoms with Crippen LogP contribution in [0.1, 0.15) is 26.2 Å². The fourth-order valence-corrected chi connectivity index (χ4v) is 1.95. The predicted molar refractivity (Wildman–Crippen MR) is 62.3 cm³/mol. The third-order valence-electron chi connectivity index (χ3n) is 3.15. The molecule has 0 saturated heterocycles. The highest BCUT2D eigenvalue weighted by Gasteiger charge is 2.40. The molecule has 1 aromatic rings. The van der Waals surface area contributed by atoms with E-state index in [0.717, 1.165) is 13.0 Å². The fourth-order valence-electron chi connectivity index (χ4n) is 1.65. The van der Waals surface area contributed by atoms with Crippen molar-refractivity contribution in [1.82, 2.24) is 4.98 Å². The van der Waals surface area contributed by atoms with Crippen LogP contribution in [0.3, 0.4) is 0 Å². The molecular formula is C11H14BrFN2. The minimum atomic E-state index is -0.295. The standard InChI is InChI=1S/C11H14BrFN2/c1-2-11(3-4-11)7-15-10-9(13)5-8(12)6-14-10/h5-6H,2-4,7H2,1H3,(H,14,15). The Morgan fingerprint density at radius 2 is 2.33 bits per heavy atom. The average molecular weight is 273 g/mol. The summed E-state index contributed by atoms with van der Waals surface area (Å²) in [5, 5.41) is 3.09. The number of anilines is 1. The van der Waals surface area contributed by atoms with Crippen molar-refractivity contribution in [1.29, 1.82) is 0 Å². The molecule has 0 bridgehead atoms. The van der Waals surface area contributed by atoms with Gasteiger partial charge >= 0.3 is 0 Å². The zero-order valence-electron chi connectivity index (χ0n) is 8.69. The highest BCUT2D eigenvalue weighted by molar-refractivity contribution is 9.10. The summed E-state index contributed by atoms with van der Waals surface area (Å²) < 4.78 is 14.1. The van der Waals surface area contributed by atoms with Crippen molar-refractivity contribution in [2.24, 2.45) is 5.41 Å². The first-order chi connectivity index (χ1) is 7.15. The second-order valence-electron chi connectivity index (χ2n) is 4.19. The third-order valence-corrected chi connectivity index (χ3v) is 3.58. The molecule has 1 fully saturated rings. The van der Waals surface area contributed by atoms with E-state index in [1.54, 1.807) is 6.20 Å². The number of nitrogens with one attached hydrogen (secondary N) is 1. The van der Waals surface area contributed by atoms with E-state index in [9.17, 15) is 4.39 Å². The van der Waals surface area contributed by atoms with Gasteiger partial charge in [-0.1, -0.05) is 6.92 Å². The van der Waals surface area contributed by atoms with E-state index in [4.69, 9.17) is 0 Å². The van der Waals surface area contributed by atoms with Crippen molar-refractivity contribution >= 4 is 21.7 Å². The van der Waals surface area contributed by atoms with Gasteiger partial charge in [0, 0.05) is 17.2 Å². The lowest BCUT2D eigenvalue weighted by Crippen LogP contribution is -2.15. The molecule has 0 spiro atoms. The van der Waals surface area contributed by atoms with Gasteiger partial charge in [0.1, 0.15) is 0 Å². The Labute approximate surface area is 97.4 Å². The zero-order valence-corrected chi connectivity index (χ0v) is 10.3. The van der Waals surface area contributed by atoms with E-state index in [2.05, 4.69) is 33.2 Å². The number of aromatic nitrogens is 1. The van der Waals surface area contributed by atoms with Crippen LogP contribution in [0, 0.1) is 11.2 Å². The van der Waals surface area contributed by atoms with Crippen LogP contribution in [0.15, 0.2) is 16.7 Å². The maximum Gasteiger partial charge on any atom is 0.166 e. The van der Waals surface area contributed by atoms with Crippen LogP contribution in [0.4, 0.5) is 10.2 Å². The van der Waals surface area contributed by atoms with Gasteiger partial charge in [0.2, 0.25) is 0 Å². The average Bonchev–Trinajstić information content (AvgIpc) is 2.97. The predicted octanol–water partition coefficient (Wildman–Crippen LogP) is 3.59. The Balaban J connectivity index is 1.99. The van der Waals surface area contributed by atoms with E-state index in [1.165, 1.54) is 18.9 Å². The lowest BCUT2D eigenvalue weighted by atomic mass is 10.0. The van der Waals surface area contributed by atoms with Gasteiger partial charge in [-0.2, -0.15) is 0 Å². The Bertz CT molecular complexity index is 364. The number of rotatable bonds is 4. The molecule has 0 radical (unpaired) electrons. The van der Waals surface area contributed by atoms with Crippen molar-refractivity contribution in [3.63, 3.8) is 0 Å². The van der Waals surface area contributed by atoms with E-state index < -0.39 is 0 Å². The second-order valence-corrected chi connectivity index (χ2v) is 5.11. The smallest absolute Gasteiger partial charge is 0.166 e. The van der Waals surface area contributed by atoms with Crippen LogP contribution in [0.2, 0.25) is 0 Å². The molecule has 0 aliphatic heterocycles. The van der Waals surface area contributed by atoms with Crippen LogP contribution in [-0.2, 0) is 0 Å². The summed E-state index contributed by atoms with van der Waals surface area (Å²) in [5.74, 6) is 0.0641. The van der Waals surface area contributed by atoms with Crippen molar-refractivity contribution in [3.8, 4) is 0 Å². The van der Waals surface area contributed by atoms with Gasteiger partial charge in [-0.15, -0.1) is 0 Å². The molecular weight excluding hydrogens is 259 g/mol. The lowest BCUT2D eigenvalue weighted by molar-refractivity contribution is 0.517. The van der Waals surface area contributed by atoms with Gasteiger partial charge < -0.3 is 5.32 Å². The number of halogens is 2. The second kappa shape index (κ2) is 4.08. The first-order valence-corrected chi connectivity index (χ1v) is 5.99. The summed E-state index contributed by atoms with van der Waals surface area (Å²) in [6.45, 7) is 3.01. The summed E-state index contributed by atoms with van der Waals surface area (Å²) in [5.41, 5.74) is 0.404. The number of nitrogens with zero attached hydrogens (tertiary/aromatic N) is 1. The molecule has 1 aromatic heterocycles. The van der Waals surface area contributed by atoms with Crippen LogP contribution < -0.4 is 5.32 Å². The van der Waals surface area contributed by atoms with Crippen molar-refractivity contribution < 1.29 is 4.39 Å². The summed E-state index contributed by atoms with van der Waals surface area (Å²) in [7, 11) is 0. The first-order valence-electron chi connectivity index (χ1n) is 5.20. The maximum absolute atomic E-state index is 13.4. The lowest BCUT2D eigenvalue weighted by Gasteiger charge is -2.14. The zero-order chi connectivity index (χ0) is 10.9. The van der Waals surface area contributed by atoms with Gasteiger partial charge in [-0.05, 0) is 46.7 Å². The molecule has 1 aliphatic rings. The van der Waals surface area contributed by atoms with Gasteiger partial charge in [0.05, 0.1) is 0 Å². The molecule has 2 nitrogen and oxygen atoms in total. The molecule has 0 unspecified atom stereocenters. The minimum absolute atomic E-state index is 0.295. The number of pyridine rings is 1. The van der Waals surface area contributed by atoms with Crippen molar-refractivity contribution in [2.45, 2.75) is 26.2 Å². The van der Waals surface area contributed by atoms with Crippen LogP contribution in [0.5, 0.6) is 0 Å². The largest absolute Gasteiger partial charge is 0.367 e. The monoisotopic (exact) mass is 272 g/mol. The van der Waals surface area contributed by atoms with Crippen molar-refractivity contribution in [2.75, 3.05) is 11.9 Å². The Morgan fingerprint density at radius 3 is 2.87 bits per heavy atom. The normalized spacial score (nSPS) is 17.5. The Morgan fingerprint density at radius 1 is 1.60 bits per heavy atom. The minimum Gasteiger partial charge on any atom is -0.367 e. The highest BCUT2D eigenvalue weighted by Crippen LogP contribution is 2.48. The van der Waals surface area contributed by atoms with Crippen LogP contribution in [-0.4, -0.2) is 11.5 Å². The molecule has 1 heterocycles. The fraction of sp³-hybridized carbons (Fsp3) is 0.545. The molecule has 0 atom stereocenters. The van der Waals surface area contributed by atoms with Crippen LogP contribution in [0.25, 0.3) is 0 Å². The number of hydrogen-bond donors (Lipinski definition) is 1. The third kappa shape index (κ3) is 2.48. The quantitative estimate of drug-likeness (QED) is 0.906. The van der Waals surface area contributed by atoms with Gasteiger partial charge in [-0.25, -0.2) is 9.37 Å². The summed E-state index contributed by atoms with van der Waals surface area (Å²) >= 11 is 3.18. The summed E-state index contributed by atoms with van der Waals surface area (Å²) in [6.07, 6.45) is 5.25. The van der Waals surface area contributed by atoms with Gasteiger partial charge in [0.15, 0.2) is 11.6 Å². The molecule has 0 amide bonds. The summed E-state index contributed by atoms with van der Waals surface area (Å²) in [6, 6.07) is 1.43. The Kier molecular flexibility index (Phi) is 2.96. The molecule has 82 valence electrons. The van der Waals surface area contributed by atoms with E-state index in [-0.39, 0.29) is 5.82 Å². The Hall–Kier alpha value is -0.640. The molecule has 1 aliphatic carbocycles. The molecule has 1 saturated carbocycles. The van der Waals surface area contributed by atoms with Crippen molar-refractivity contribution in [3.05, 3.63) is 22.6 Å². The topological polar surface area (TPSA) is 24.9 Å². The summed E-state index contributed by atoms with van der Waals surface area (Å²) in [4.78, 5) is 4.01. The van der Waals surface area contributed by atoms with E-state index in [1.807, 2.05) is 0 Å². The number of hydrogen-bond acceptors (Lipinski definition) is 2. The van der Waals surface area contributed by atoms with E-state index in [0.29, 0.717) is 15.7 Å². The molecule has 0 aromatic carbocycles. The molecule has 1 N–H and O–H groups in total. The van der Waals surface area contributed by atoms with E-state index >= 15 is 0 Å². The first kappa shape index (κ1) is 10.9. The van der Waals surface area contributed by atoms with Gasteiger partial charge in [-0.3, -0.25) is 0 Å². The highest BCUT2D eigenvalue weighted by atomic mass is 79.9. The van der Waals surface area contributed by atoms with Crippen LogP contribution >= 0.6 is 15.9 Å². The molecule has 4 heteroatoms. The maximum atomic E-state index is 13.4. The molecule has 2 rings (SSSR count). The molecule has 15 heavy (non-hydrogen) atoms.